The van der Waals surface area contributed by atoms with E-state index >= 15 is 0 Å². The van der Waals surface area contributed by atoms with Crippen LogP contribution in [0.15, 0.2) is 34.6 Å². The van der Waals surface area contributed by atoms with E-state index in [1.165, 1.54) is 27.3 Å². The number of hydrogen-bond acceptors (Lipinski definition) is 0. The Morgan fingerprint density at radius 3 is 1.22 bits per heavy atom. The molecule has 0 nitrogen and oxygen atoms in total. The number of halogens is 9. The van der Waals surface area contributed by atoms with Crippen LogP contribution in [0.3, 0.4) is 0 Å². The van der Waals surface area contributed by atoms with Crippen LogP contribution in [0.2, 0.25) is 27.3 Å². The van der Waals surface area contributed by atoms with Gasteiger partial charge in [0.1, 0.15) is 17.5 Å². The Morgan fingerprint density at radius 1 is 0.528 bits per heavy atom. The van der Waals surface area contributed by atoms with Gasteiger partial charge >= 0.3 is 6.08 Å². The summed E-state index contributed by atoms with van der Waals surface area (Å²) in [6.07, 6.45) is -7.12. The van der Waals surface area contributed by atoms with Crippen LogP contribution in [-0.4, -0.2) is 12.3 Å². The smallest absolute Gasteiger partial charge is 0.210 e. The summed E-state index contributed by atoms with van der Waals surface area (Å²) in [5, 5.41) is 0. The molecule has 0 amide bonds. The maximum atomic E-state index is 14.9. The van der Waals surface area contributed by atoms with E-state index in [9.17, 15) is 39.5 Å². The first kappa shape index (κ1) is 29.0. The molecule has 0 N–H and O–H groups in total. The van der Waals surface area contributed by atoms with Crippen LogP contribution in [-0.2, 0) is 0 Å². The van der Waals surface area contributed by atoms with Crippen molar-refractivity contribution in [1.29, 1.82) is 0 Å². The second kappa shape index (κ2) is 10.0. The summed E-state index contributed by atoms with van der Waals surface area (Å²) in [6.45, 7) is 9.68. The monoisotopic (exact) mass is 514 g/mol. The molecule has 0 radical (unpaired) electrons. The first-order valence-electron chi connectivity index (χ1n) is 10.9. The van der Waals surface area contributed by atoms with Crippen LogP contribution >= 0.6 is 0 Å². The van der Waals surface area contributed by atoms with Gasteiger partial charge in [0.15, 0.2) is 17.5 Å². The van der Waals surface area contributed by atoms with E-state index in [1.807, 2.05) is 5.73 Å². The van der Waals surface area contributed by atoms with E-state index in [4.69, 9.17) is 0 Å². The number of fused-ring (bicyclic) bond motifs is 2. The minimum atomic E-state index is -2.65. The van der Waals surface area contributed by atoms with E-state index in [2.05, 4.69) is 11.5 Å². The summed E-state index contributed by atoms with van der Waals surface area (Å²) >= 11 is 0. The molecule has 0 saturated carbocycles. The second-order valence-corrected chi connectivity index (χ2v) is 9.99. The molecule has 0 atom stereocenters. The zero-order chi connectivity index (χ0) is 27.9. The second-order valence-electron chi connectivity index (χ2n) is 9.99. The van der Waals surface area contributed by atoms with Crippen LogP contribution in [0.5, 0.6) is 0 Å². The summed E-state index contributed by atoms with van der Waals surface area (Å²) in [5.74, 6) is -11.2. The molecule has 1 aliphatic heterocycles. The third kappa shape index (κ3) is 4.76. The van der Waals surface area contributed by atoms with Gasteiger partial charge < -0.3 is 0 Å². The summed E-state index contributed by atoms with van der Waals surface area (Å²) < 4.78 is 123. The van der Waals surface area contributed by atoms with Gasteiger partial charge in [0.2, 0.25) is 0 Å². The third-order valence-electron chi connectivity index (χ3n) is 6.37. The maximum absolute atomic E-state index is 14.9. The van der Waals surface area contributed by atoms with Gasteiger partial charge in [-0.3, -0.25) is 0 Å². The Kier molecular flexibility index (Phi) is 8.10. The van der Waals surface area contributed by atoms with E-state index < -0.39 is 81.0 Å². The molecule has 11 heteroatoms. The van der Waals surface area contributed by atoms with Crippen LogP contribution in [0.25, 0.3) is 0 Å². The van der Waals surface area contributed by atoms with Crippen molar-refractivity contribution in [2.24, 2.45) is 0 Å². The minimum Gasteiger partial charge on any atom is -0.210 e. The Bertz CT molecular complexity index is 1250. The van der Waals surface area contributed by atoms with Crippen molar-refractivity contribution in [3.05, 3.63) is 80.9 Å². The molecular formula is C25H21B2F9-2. The average molecular weight is 514 g/mol. The topological polar surface area (TPSA) is 0 Å². The Balaban J connectivity index is 0.000000388. The van der Waals surface area contributed by atoms with Crippen molar-refractivity contribution in [3.63, 3.8) is 0 Å². The first-order valence-corrected chi connectivity index (χ1v) is 10.9. The Hall–Kier alpha value is -3.20. The van der Waals surface area contributed by atoms with Gasteiger partial charge in [-0.25, -0.2) is 36.2 Å². The van der Waals surface area contributed by atoms with Crippen molar-refractivity contribution in [3.8, 4) is 0 Å². The van der Waals surface area contributed by atoms with E-state index in [-0.39, 0.29) is 5.46 Å². The van der Waals surface area contributed by atoms with Gasteiger partial charge in [-0.15, -0.1) is 0 Å². The van der Waals surface area contributed by atoms with Crippen LogP contribution in [0, 0.1) is 47.6 Å². The lowest BCUT2D eigenvalue weighted by Gasteiger charge is -2.54. The van der Waals surface area contributed by atoms with Gasteiger partial charge in [-0.05, 0) is 37.8 Å². The molecule has 1 aliphatic rings. The number of hydrogen-bond donors (Lipinski definition) is 0. The lowest BCUT2D eigenvalue weighted by molar-refractivity contribution is 0.415. The highest BCUT2D eigenvalue weighted by molar-refractivity contribution is 7.16. The normalized spacial score (nSPS) is 14.1. The Labute approximate surface area is 203 Å². The molecule has 36 heavy (non-hydrogen) atoms. The van der Waals surface area contributed by atoms with Gasteiger partial charge in [-0.1, -0.05) is 5.73 Å². The fourth-order valence-electron chi connectivity index (χ4n) is 4.83. The third-order valence-corrected chi connectivity index (χ3v) is 6.37. The molecule has 3 rings (SSSR count). The summed E-state index contributed by atoms with van der Waals surface area (Å²) in [7, 11) is 0. The summed E-state index contributed by atoms with van der Waals surface area (Å²) in [4.78, 5) is 0. The highest BCUT2D eigenvalue weighted by Gasteiger charge is 2.42. The number of rotatable bonds is 0. The van der Waals surface area contributed by atoms with Crippen LogP contribution in [0.1, 0.15) is 19.4 Å². The molecule has 192 valence electrons. The van der Waals surface area contributed by atoms with Crippen molar-refractivity contribution in [2.75, 3.05) is 0 Å². The summed E-state index contributed by atoms with van der Waals surface area (Å²) in [6, 6.07) is 0. The molecule has 0 aromatic heterocycles. The van der Waals surface area contributed by atoms with Crippen LogP contribution in [0.4, 0.5) is 39.5 Å². The molecule has 2 aromatic carbocycles. The van der Waals surface area contributed by atoms with E-state index in [0.717, 1.165) is 12.5 Å². The predicted molar refractivity (Wildman–Crippen MR) is 125 cm³/mol. The van der Waals surface area contributed by atoms with Crippen molar-refractivity contribution >= 4 is 34.1 Å². The SMILES string of the molecule is CC(C)=C=C=C=C=C(F)F.Cc1c(F)c(F)c2c(c1F)[B-](C)(C)c1c(F)c(F)c(F)c(F)c1[B-]2(C)C. The summed E-state index contributed by atoms with van der Waals surface area (Å²) in [5.41, 5.74) is 6.75. The lowest BCUT2D eigenvalue weighted by Crippen LogP contribution is -2.81. The van der Waals surface area contributed by atoms with Gasteiger partial charge in [-0.2, -0.15) is 52.5 Å². The molecule has 0 aliphatic carbocycles. The van der Waals surface area contributed by atoms with Crippen molar-refractivity contribution < 1.29 is 39.5 Å². The lowest BCUT2D eigenvalue weighted by atomic mass is 9.06. The van der Waals surface area contributed by atoms with Gasteiger partial charge in [0, 0.05) is 23.6 Å². The fraction of sp³-hybridized carbons (Fsp3) is 0.280. The van der Waals surface area contributed by atoms with Crippen molar-refractivity contribution in [2.45, 2.75) is 48.1 Å². The standard InChI is InChI=1S/C17H15B2F7.C8H6F2/c1-6-11(20)7-8(13(22)12(6)21)19(4,5)10-9(18(7,2)3)14(23)16(25)17(26)15(10)24;1-7(2)5-3-4-6-8(9)10/h1-5H3;1-2H3/q-2;. The molecule has 0 saturated heterocycles. The predicted octanol–water partition coefficient (Wildman–Crippen LogP) is 5.72. The molecule has 0 fully saturated rings. The van der Waals surface area contributed by atoms with E-state index in [1.54, 1.807) is 19.6 Å². The molecule has 1 heterocycles. The van der Waals surface area contributed by atoms with Crippen molar-refractivity contribution in [1.82, 2.24) is 0 Å². The van der Waals surface area contributed by atoms with E-state index in [0.29, 0.717) is 0 Å². The average Bonchev–Trinajstić information content (AvgIpc) is 2.77. The number of allylic oxidation sites excluding steroid dienone is 1. The Morgan fingerprint density at radius 2 is 0.861 bits per heavy atom. The highest BCUT2D eigenvalue weighted by atomic mass is 19.3. The zero-order valence-electron chi connectivity index (χ0n) is 20.6. The largest absolute Gasteiger partial charge is 0.321 e. The minimum absolute atomic E-state index is 0.316. The number of benzene rings is 2. The molecule has 2 aromatic rings. The van der Waals surface area contributed by atoms with Crippen LogP contribution < -0.4 is 21.9 Å². The van der Waals surface area contributed by atoms with Gasteiger partial charge in [0.05, 0.1) is 5.82 Å². The zero-order valence-corrected chi connectivity index (χ0v) is 20.6. The highest BCUT2D eigenvalue weighted by Crippen LogP contribution is 2.26. The molecule has 0 bridgehead atoms. The maximum Gasteiger partial charge on any atom is 0.321 e. The molecule has 0 unspecified atom stereocenters. The molecular weight excluding hydrogens is 493 g/mol. The fourth-order valence-corrected chi connectivity index (χ4v) is 4.83. The quantitative estimate of drug-likeness (QED) is 0.139. The first-order chi connectivity index (χ1) is 16.4. The van der Waals surface area contributed by atoms with Gasteiger partial charge in [0.25, 0.3) is 0 Å². The molecule has 0 spiro atoms.